The number of halogens is 2. The SMILES string of the molecule is CN1CCC[C@H]1c1ccc[n+](CCCCCCCCCCCCc2ccc[n+](C)c2)c1.[Br-].[I-]. The van der Waals surface area contributed by atoms with Crippen molar-refractivity contribution in [3.8, 4) is 0 Å². The minimum atomic E-state index is 0. The smallest absolute Gasteiger partial charge is 0.173 e. The first-order valence-electron chi connectivity index (χ1n) is 12.9. The number of rotatable bonds is 14. The summed E-state index contributed by atoms with van der Waals surface area (Å²) in [6.45, 7) is 2.41. The average molecular weight is 630 g/mol. The van der Waals surface area contributed by atoms with Crippen molar-refractivity contribution in [1.29, 1.82) is 0 Å². The van der Waals surface area contributed by atoms with E-state index in [1.807, 2.05) is 0 Å². The molecule has 186 valence electrons. The first-order valence-corrected chi connectivity index (χ1v) is 12.9. The van der Waals surface area contributed by atoms with Crippen LogP contribution < -0.4 is 50.1 Å². The second-order valence-electron chi connectivity index (χ2n) is 9.68. The molecule has 0 aromatic carbocycles. The third kappa shape index (κ3) is 11.6. The van der Waals surface area contributed by atoms with Gasteiger partial charge in [0.2, 0.25) is 0 Å². The van der Waals surface area contributed by atoms with Crippen molar-refractivity contribution in [1.82, 2.24) is 4.90 Å². The van der Waals surface area contributed by atoms with E-state index in [-0.39, 0.29) is 41.0 Å². The molecule has 0 amide bonds. The van der Waals surface area contributed by atoms with E-state index in [2.05, 4.69) is 77.2 Å². The van der Waals surface area contributed by atoms with Crippen LogP contribution in [0.1, 0.15) is 94.2 Å². The van der Waals surface area contributed by atoms with Gasteiger partial charge in [0.25, 0.3) is 0 Å². The molecule has 2 aromatic rings. The van der Waals surface area contributed by atoms with Gasteiger partial charge in [-0.15, -0.1) is 0 Å². The maximum Gasteiger partial charge on any atom is 0.173 e. The van der Waals surface area contributed by atoms with Crippen LogP contribution in [-0.4, -0.2) is 18.5 Å². The van der Waals surface area contributed by atoms with Crippen LogP contribution in [0.4, 0.5) is 0 Å². The van der Waals surface area contributed by atoms with Gasteiger partial charge in [-0.1, -0.05) is 44.9 Å². The molecule has 0 bridgehead atoms. The fourth-order valence-electron chi connectivity index (χ4n) is 5.05. The maximum absolute atomic E-state index is 2.50. The van der Waals surface area contributed by atoms with Gasteiger partial charge in [0, 0.05) is 35.7 Å². The van der Waals surface area contributed by atoms with Crippen molar-refractivity contribution in [2.45, 2.75) is 96.1 Å². The van der Waals surface area contributed by atoms with Gasteiger partial charge < -0.3 is 41.0 Å². The fraction of sp³-hybridized carbons (Fsp3) is 0.643. The predicted octanol–water partition coefficient (Wildman–Crippen LogP) is -0.283. The van der Waals surface area contributed by atoms with Crippen LogP contribution in [0.2, 0.25) is 0 Å². The summed E-state index contributed by atoms with van der Waals surface area (Å²) in [5.41, 5.74) is 2.97. The molecule has 0 spiro atoms. The summed E-state index contributed by atoms with van der Waals surface area (Å²) in [6.07, 6.45) is 26.8. The molecular weight excluding hydrogens is 585 g/mol. The Morgan fingerprint density at radius 3 is 2.12 bits per heavy atom. The molecule has 1 aliphatic rings. The molecule has 1 fully saturated rings. The van der Waals surface area contributed by atoms with Crippen LogP contribution in [0.15, 0.2) is 49.1 Å². The maximum atomic E-state index is 2.50. The number of hydrogen-bond acceptors (Lipinski definition) is 1. The normalized spacial score (nSPS) is 15.8. The lowest BCUT2D eigenvalue weighted by molar-refractivity contribution is -0.697. The number of unbranched alkanes of at least 4 members (excludes halogenated alkanes) is 9. The molecule has 1 atom stereocenters. The summed E-state index contributed by atoms with van der Waals surface area (Å²) < 4.78 is 4.57. The molecule has 3 nitrogen and oxygen atoms in total. The summed E-state index contributed by atoms with van der Waals surface area (Å²) in [4.78, 5) is 2.50. The summed E-state index contributed by atoms with van der Waals surface area (Å²) in [7, 11) is 4.37. The van der Waals surface area contributed by atoms with E-state index in [0.717, 1.165) is 0 Å². The highest BCUT2D eigenvalue weighted by Gasteiger charge is 2.24. The monoisotopic (exact) mass is 629 g/mol. The van der Waals surface area contributed by atoms with E-state index in [1.54, 1.807) is 0 Å². The van der Waals surface area contributed by atoms with Crippen LogP contribution in [0, 0.1) is 0 Å². The van der Waals surface area contributed by atoms with Crippen LogP contribution in [0.5, 0.6) is 0 Å². The summed E-state index contributed by atoms with van der Waals surface area (Å²) in [5, 5.41) is 0. The molecule has 0 radical (unpaired) electrons. The molecule has 1 aliphatic heterocycles. The van der Waals surface area contributed by atoms with E-state index in [0.29, 0.717) is 6.04 Å². The molecule has 2 aromatic heterocycles. The predicted molar refractivity (Wildman–Crippen MR) is 129 cm³/mol. The Morgan fingerprint density at radius 1 is 0.848 bits per heavy atom. The van der Waals surface area contributed by atoms with Crippen molar-refractivity contribution >= 4 is 0 Å². The molecular formula is C28H45BrIN3. The Bertz CT molecular complexity index is 770. The average Bonchev–Trinajstić information content (AvgIpc) is 3.21. The number of nitrogens with zero attached hydrogens (tertiary/aromatic N) is 3. The summed E-state index contributed by atoms with van der Waals surface area (Å²) in [6, 6.07) is 9.59. The van der Waals surface area contributed by atoms with E-state index in [1.165, 1.54) is 108 Å². The lowest BCUT2D eigenvalue weighted by atomic mass is 10.0. The number of pyridine rings is 2. The lowest BCUT2D eigenvalue weighted by Crippen LogP contribution is -3.00. The zero-order valence-electron chi connectivity index (χ0n) is 20.9. The van der Waals surface area contributed by atoms with Gasteiger partial charge in [0.15, 0.2) is 24.8 Å². The molecule has 0 saturated carbocycles. The van der Waals surface area contributed by atoms with E-state index >= 15 is 0 Å². The van der Waals surface area contributed by atoms with Crippen molar-refractivity contribution in [3.05, 3.63) is 60.2 Å². The van der Waals surface area contributed by atoms with Gasteiger partial charge >= 0.3 is 0 Å². The lowest BCUT2D eigenvalue weighted by Gasteiger charge is -2.18. The largest absolute Gasteiger partial charge is 1.00 e. The molecule has 3 rings (SSSR count). The highest BCUT2D eigenvalue weighted by molar-refractivity contribution is 5.12. The molecule has 1 saturated heterocycles. The van der Waals surface area contributed by atoms with Crippen LogP contribution in [0.3, 0.4) is 0 Å². The standard InChI is InChI=1S/C28H45N3.BrH.HI/c1-29-20-13-17-26(24-29)16-11-9-7-5-3-4-6-8-10-12-22-31-23-14-18-27(25-31)28-19-15-21-30(28)2;;/h13-14,17-18,20,23-25,28H,3-12,15-16,19,21-22H2,1-2H3;2*1H/q+2;;/p-2/t28-;;/m0../s1. The molecule has 0 aliphatic carbocycles. The molecule has 3 heterocycles. The number of aryl methyl sites for hydroxylation is 3. The van der Waals surface area contributed by atoms with Crippen molar-refractivity contribution < 1.29 is 50.1 Å². The second kappa shape index (κ2) is 17.8. The molecule has 5 heteroatoms. The third-order valence-electron chi connectivity index (χ3n) is 6.92. The quantitative estimate of drug-likeness (QED) is 0.159. The van der Waals surface area contributed by atoms with Crippen LogP contribution in [-0.2, 0) is 20.0 Å². The van der Waals surface area contributed by atoms with Gasteiger partial charge in [-0.05, 0) is 57.8 Å². The van der Waals surface area contributed by atoms with Gasteiger partial charge in [-0.3, -0.25) is 4.90 Å². The highest BCUT2D eigenvalue weighted by Crippen LogP contribution is 2.29. The van der Waals surface area contributed by atoms with Crippen molar-refractivity contribution in [2.24, 2.45) is 7.05 Å². The Hall–Kier alpha value is -0.530. The fourth-order valence-corrected chi connectivity index (χ4v) is 5.05. The topological polar surface area (TPSA) is 11.0 Å². The molecule has 0 unspecified atom stereocenters. The number of likely N-dealkylation sites (tertiary alicyclic amines) is 1. The van der Waals surface area contributed by atoms with E-state index < -0.39 is 0 Å². The number of aromatic nitrogens is 2. The van der Waals surface area contributed by atoms with Crippen molar-refractivity contribution in [3.63, 3.8) is 0 Å². The Balaban J connectivity index is 0.00000272. The highest BCUT2D eigenvalue weighted by atomic mass is 127. The van der Waals surface area contributed by atoms with Crippen LogP contribution >= 0.6 is 0 Å². The van der Waals surface area contributed by atoms with Gasteiger partial charge in [0.05, 0.1) is 0 Å². The zero-order chi connectivity index (χ0) is 21.7. The minimum absolute atomic E-state index is 0. The van der Waals surface area contributed by atoms with Gasteiger partial charge in [-0.2, -0.15) is 0 Å². The van der Waals surface area contributed by atoms with Crippen molar-refractivity contribution in [2.75, 3.05) is 13.6 Å². The second-order valence-corrected chi connectivity index (χ2v) is 9.68. The summed E-state index contributed by atoms with van der Waals surface area (Å²) in [5.74, 6) is 0. The Morgan fingerprint density at radius 2 is 1.48 bits per heavy atom. The first kappa shape index (κ1) is 30.5. The minimum Gasteiger partial charge on any atom is -1.00 e. The Kier molecular flexibility index (Phi) is 16.5. The van der Waals surface area contributed by atoms with Gasteiger partial charge in [0.1, 0.15) is 13.6 Å². The summed E-state index contributed by atoms with van der Waals surface area (Å²) >= 11 is 0. The van der Waals surface area contributed by atoms with Crippen LogP contribution in [0.25, 0.3) is 0 Å². The van der Waals surface area contributed by atoms with E-state index in [9.17, 15) is 0 Å². The number of hydrogen-bond donors (Lipinski definition) is 0. The molecule has 33 heavy (non-hydrogen) atoms. The first-order chi connectivity index (χ1) is 15.2. The van der Waals surface area contributed by atoms with E-state index in [4.69, 9.17) is 0 Å². The third-order valence-corrected chi connectivity index (χ3v) is 6.92. The Labute approximate surface area is 230 Å². The molecule has 0 N–H and O–H groups in total. The zero-order valence-corrected chi connectivity index (χ0v) is 24.6. The van der Waals surface area contributed by atoms with Gasteiger partial charge in [-0.25, -0.2) is 9.13 Å².